The summed E-state index contributed by atoms with van der Waals surface area (Å²) in [5.74, 6) is 0. The van der Waals surface area contributed by atoms with Gasteiger partial charge in [-0.3, -0.25) is 0 Å². The van der Waals surface area contributed by atoms with Gasteiger partial charge in [-0.25, -0.2) is 0 Å². The summed E-state index contributed by atoms with van der Waals surface area (Å²) < 4.78 is 5.72. The van der Waals surface area contributed by atoms with Crippen LogP contribution in [0, 0.1) is 0 Å². The van der Waals surface area contributed by atoms with Gasteiger partial charge in [0.1, 0.15) is 5.22 Å². The highest BCUT2D eigenvalue weighted by atomic mass is 28.4. The van der Waals surface area contributed by atoms with Crippen LogP contribution in [0.1, 0.15) is 40.5 Å². The van der Waals surface area contributed by atoms with E-state index in [1.807, 2.05) is 0 Å². The Morgan fingerprint density at radius 3 is 1.50 bits per heavy atom. The largest absolute Gasteiger partial charge is 0.429 e. The van der Waals surface area contributed by atoms with E-state index in [1.54, 1.807) is 53.9 Å². The molecule has 4 N–H and O–H groups in total. The third-order valence-corrected chi connectivity index (χ3v) is 7.50. The van der Waals surface area contributed by atoms with Crippen molar-refractivity contribution in [1.82, 2.24) is 0 Å². The molecule has 0 aliphatic rings. The maximum absolute atomic E-state index is 11.1. The maximum Gasteiger partial charge on any atom is 0.329 e. The van der Waals surface area contributed by atoms with Gasteiger partial charge in [-0.15, -0.1) is 0 Å². The Bertz CT molecular complexity index is 325. The molecule has 0 aromatic rings. The lowest BCUT2D eigenvalue weighted by Gasteiger charge is -2.50. The molecule has 1 unspecified atom stereocenters. The second-order valence-corrected chi connectivity index (χ2v) is 14.8. The predicted octanol–water partition coefficient (Wildman–Crippen LogP) is 1.49. The summed E-state index contributed by atoms with van der Waals surface area (Å²) in [4.78, 5) is 20.5. The van der Waals surface area contributed by atoms with Gasteiger partial charge in [0, 0.05) is 0 Å². The van der Waals surface area contributed by atoms with Crippen LogP contribution in [0.3, 0.4) is 0 Å². The summed E-state index contributed by atoms with van der Waals surface area (Å²) in [5.41, 5.74) is -2.02. The van der Waals surface area contributed by atoms with Gasteiger partial charge in [0.15, 0.2) is 0 Å². The summed E-state index contributed by atoms with van der Waals surface area (Å²) >= 11 is 0. The third kappa shape index (κ3) is 5.55. The first-order chi connectivity index (χ1) is 8.41. The van der Waals surface area contributed by atoms with Crippen LogP contribution in [0.2, 0.25) is 26.2 Å². The van der Waals surface area contributed by atoms with E-state index in [0.717, 1.165) is 0 Å². The highest BCUT2D eigenvalue weighted by molar-refractivity contribution is 6.73. The lowest BCUT2D eigenvalue weighted by Crippen LogP contribution is -2.69. The Morgan fingerprint density at radius 2 is 1.25 bits per heavy atom. The average molecular weight is 325 g/mol. The van der Waals surface area contributed by atoms with Gasteiger partial charge in [0.25, 0.3) is 0 Å². The van der Waals surface area contributed by atoms with Crippen molar-refractivity contribution in [1.29, 1.82) is 0 Å². The van der Waals surface area contributed by atoms with Gasteiger partial charge >= 0.3 is 8.56 Å². The molecule has 7 heteroatoms. The van der Waals surface area contributed by atoms with E-state index in [1.165, 1.54) is 0 Å². The second-order valence-electron chi connectivity index (χ2n) is 7.79. The van der Waals surface area contributed by atoms with E-state index in [4.69, 9.17) is 4.43 Å². The van der Waals surface area contributed by atoms with E-state index < -0.39 is 33.3 Å². The van der Waals surface area contributed by atoms with Crippen molar-refractivity contribution in [3.63, 3.8) is 0 Å². The lowest BCUT2D eigenvalue weighted by molar-refractivity contribution is -0.100. The molecular weight excluding hydrogens is 292 g/mol. The zero-order valence-corrected chi connectivity index (χ0v) is 16.1. The fraction of sp³-hybridized carbons (Fsp3) is 1.00. The molecular formula is C13H32O5Si2. The summed E-state index contributed by atoms with van der Waals surface area (Å²) in [6.45, 7) is 13.2. The topological polar surface area (TPSA) is 90.2 Å². The fourth-order valence-corrected chi connectivity index (χ4v) is 6.32. The number of hydrogen-bond donors (Lipinski definition) is 4. The maximum atomic E-state index is 11.1. The van der Waals surface area contributed by atoms with Gasteiger partial charge in [-0.05, 0) is 66.7 Å². The molecule has 0 aromatic heterocycles. The first kappa shape index (κ1) is 20.2. The molecule has 0 radical (unpaired) electrons. The van der Waals surface area contributed by atoms with Crippen LogP contribution < -0.4 is 0 Å². The molecule has 20 heavy (non-hydrogen) atoms. The van der Waals surface area contributed by atoms with Crippen molar-refractivity contribution in [2.75, 3.05) is 0 Å². The first-order valence-corrected chi connectivity index (χ1v) is 12.8. The van der Waals surface area contributed by atoms with Gasteiger partial charge in [-0.1, -0.05) is 0 Å². The Balaban J connectivity index is 5.44. The van der Waals surface area contributed by atoms with Crippen molar-refractivity contribution in [2.45, 2.75) is 83.2 Å². The summed E-state index contributed by atoms with van der Waals surface area (Å²) in [6, 6.07) is 0. The Labute approximate surface area is 125 Å². The van der Waals surface area contributed by atoms with Crippen molar-refractivity contribution in [2.24, 2.45) is 0 Å². The zero-order chi connectivity index (χ0) is 16.6. The average Bonchev–Trinajstić information content (AvgIpc) is 2.06. The number of rotatable bonds is 7. The van der Waals surface area contributed by atoms with Gasteiger partial charge < -0.3 is 24.2 Å². The third-order valence-electron chi connectivity index (χ3n) is 3.61. The smallest absolute Gasteiger partial charge is 0.329 e. The Hall–Kier alpha value is 0.234. The molecule has 0 aromatic carbocycles. The highest BCUT2D eigenvalue weighted by Crippen LogP contribution is 2.39. The van der Waals surface area contributed by atoms with Crippen molar-refractivity contribution in [3.05, 3.63) is 0 Å². The molecule has 122 valence electrons. The molecule has 0 rings (SSSR count). The summed E-state index contributed by atoms with van der Waals surface area (Å²) in [7, 11) is -5.88. The van der Waals surface area contributed by atoms with Crippen LogP contribution in [0.5, 0.6) is 0 Å². The molecule has 1 atom stereocenters. The molecule has 0 fully saturated rings. The highest BCUT2D eigenvalue weighted by Gasteiger charge is 2.57. The molecule has 0 aliphatic carbocycles. The zero-order valence-electron chi connectivity index (χ0n) is 14.1. The van der Waals surface area contributed by atoms with Gasteiger partial charge in [-0.2, -0.15) is 0 Å². The molecule has 0 amide bonds. The van der Waals surface area contributed by atoms with E-state index in [2.05, 4.69) is 0 Å². The minimum atomic E-state index is -3.02. The number of hydrogen-bond acceptors (Lipinski definition) is 5. The van der Waals surface area contributed by atoms with E-state index in [9.17, 15) is 19.8 Å². The Kier molecular flexibility index (Phi) is 5.86. The van der Waals surface area contributed by atoms with E-state index in [-0.39, 0.29) is 6.42 Å². The molecule has 0 saturated carbocycles. The molecule has 0 bridgehead atoms. The summed E-state index contributed by atoms with van der Waals surface area (Å²) in [5, 5.41) is 19.5. The van der Waals surface area contributed by atoms with E-state index >= 15 is 0 Å². The van der Waals surface area contributed by atoms with Crippen molar-refractivity contribution >= 4 is 16.9 Å². The van der Waals surface area contributed by atoms with Gasteiger partial charge in [0.2, 0.25) is 8.32 Å². The number of aliphatic hydroxyl groups is 2. The van der Waals surface area contributed by atoms with Crippen LogP contribution in [-0.4, -0.2) is 53.1 Å². The molecule has 5 nitrogen and oxygen atoms in total. The minimum absolute atomic E-state index is 0.212. The fourth-order valence-electron chi connectivity index (χ4n) is 2.54. The normalized spacial score (nSPS) is 18.0. The van der Waals surface area contributed by atoms with Crippen LogP contribution in [-0.2, 0) is 4.43 Å². The monoisotopic (exact) mass is 324 g/mol. The first-order valence-electron chi connectivity index (χ1n) is 7.01. The standard InChI is InChI=1S/C13H32O5Si2/c1-11(2,14)9-10-13(15,19(5,6)16)12(3,4)18-20(7,8)17/h14-17H,9-10H2,1-8H3. The molecule has 0 aliphatic heterocycles. The molecule has 0 heterocycles. The Morgan fingerprint density at radius 1 is 0.850 bits per heavy atom. The lowest BCUT2D eigenvalue weighted by atomic mass is 9.91. The molecule has 0 saturated heterocycles. The van der Waals surface area contributed by atoms with Crippen LogP contribution in [0.15, 0.2) is 0 Å². The predicted molar refractivity (Wildman–Crippen MR) is 85.0 cm³/mol. The van der Waals surface area contributed by atoms with Crippen LogP contribution >= 0.6 is 0 Å². The van der Waals surface area contributed by atoms with Crippen LogP contribution in [0.4, 0.5) is 0 Å². The van der Waals surface area contributed by atoms with E-state index in [0.29, 0.717) is 6.42 Å². The molecule has 0 spiro atoms. The van der Waals surface area contributed by atoms with Gasteiger partial charge in [0.05, 0.1) is 11.2 Å². The van der Waals surface area contributed by atoms with Crippen molar-refractivity contribution < 1.29 is 24.2 Å². The minimum Gasteiger partial charge on any atom is -0.429 e. The summed E-state index contributed by atoms with van der Waals surface area (Å²) in [6.07, 6.45) is 0.546. The quantitative estimate of drug-likeness (QED) is 0.533. The second kappa shape index (κ2) is 5.79. The SMILES string of the molecule is CC(C)(O)CCC(O)(C(C)(C)O[Si](C)(C)O)[Si](C)(C)O. The van der Waals surface area contributed by atoms with Crippen LogP contribution in [0.25, 0.3) is 0 Å². The van der Waals surface area contributed by atoms with Crippen molar-refractivity contribution in [3.8, 4) is 0 Å².